The predicted molar refractivity (Wildman–Crippen MR) is 110 cm³/mol. The van der Waals surface area contributed by atoms with Gasteiger partial charge in [0.15, 0.2) is 0 Å². The molecule has 7 nitrogen and oxygen atoms in total. The van der Waals surface area contributed by atoms with Gasteiger partial charge in [-0.1, -0.05) is 42.5 Å². The Balaban J connectivity index is 1.71. The van der Waals surface area contributed by atoms with E-state index in [-0.39, 0.29) is 23.4 Å². The Morgan fingerprint density at radius 2 is 1.59 bits per heavy atom. The van der Waals surface area contributed by atoms with Crippen molar-refractivity contribution in [2.75, 3.05) is 13.1 Å². The summed E-state index contributed by atoms with van der Waals surface area (Å²) < 4.78 is 27.8. The van der Waals surface area contributed by atoms with Crippen LogP contribution < -0.4 is 5.48 Å². The molecule has 8 heteroatoms. The number of sulfonamides is 1. The van der Waals surface area contributed by atoms with Crippen LogP contribution in [-0.2, 0) is 27.8 Å². The smallest absolute Gasteiger partial charge is 0.247 e. The van der Waals surface area contributed by atoms with Crippen LogP contribution in [0.25, 0.3) is 0 Å². The molecule has 1 fully saturated rings. The lowest BCUT2D eigenvalue weighted by Crippen LogP contribution is -2.57. The number of piperazine rings is 1. The van der Waals surface area contributed by atoms with E-state index in [1.807, 2.05) is 18.2 Å². The Morgan fingerprint density at radius 1 is 1.00 bits per heavy atom. The molecular weight excluding hydrogens is 390 g/mol. The van der Waals surface area contributed by atoms with Gasteiger partial charge in [0.05, 0.1) is 11.3 Å². The average molecular weight is 418 g/mol. The monoisotopic (exact) mass is 417 g/mol. The highest BCUT2D eigenvalue weighted by molar-refractivity contribution is 7.89. The van der Waals surface area contributed by atoms with Gasteiger partial charge < -0.3 is 0 Å². The SMILES string of the molecule is C[C@@H]1CN(S(=O)(=O)c2ccc(CC(=O)NO)cc2)C[C@H](C)N1Cc1ccccc1. The van der Waals surface area contributed by atoms with Crippen molar-refractivity contribution in [3.8, 4) is 0 Å². The van der Waals surface area contributed by atoms with Crippen molar-refractivity contribution in [1.82, 2.24) is 14.7 Å². The first-order chi connectivity index (χ1) is 13.8. The molecule has 1 aliphatic rings. The highest BCUT2D eigenvalue weighted by Crippen LogP contribution is 2.25. The lowest BCUT2D eigenvalue weighted by Gasteiger charge is -2.43. The zero-order valence-corrected chi connectivity index (χ0v) is 17.5. The predicted octanol–water partition coefficient (Wildman–Crippen LogP) is 2.02. The Hall–Kier alpha value is -2.26. The molecule has 1 heterocycles. The van der Waals surface area contributed by atoms with Gasteiger partial charge in [-0.2, -0.15) is 4.31 Å². The zero-order valence-electron chi connectivity index (χ0n) is 16.7. The number of benzene rings is 2. The van der Waals surface area contributed by atoms with Crippen LogP contribution in [0.15, 0.2) is 59.5 Å². The van der Waals surface area contributed by atoms with E-state index in [0.29, 0.717) is 18.7 Å². The Kier molecular flexibility index (Phi) is 6.69. The minimum absolute atomic E-state index is 0.0109. The van der Waals surface area contributed by atoms with Crippen molar-refractivity contribution in [3.63, 3.8) is 0 Å². The van der Waals surface area contributed by atoms with E-state index in [4.69, 9.17) is 5.21 Å². The van der Waals surface area contributed by atoms with Crippen LogP contribution in [0.5, 0.6) is 0 Å². The van der Waals surface area contributed by atoms with Crippen LogP contribution >= 0.6 is 0 Å². The number of rotatable bonds is 6. The number of hydroxylamine groups is 1. The fourth-order valence-corrected chi connectivity index (χ4v) is 5.37. The van der Waals surface area contributed by atoms with Crippen molar-refractivity contribution >= 4 is 15.9 Å². The van der Waals surface area contributed by atoms with Gasteiger partial charge in [-0.05, 0) is 37.1 Å². The van der Waals surface area contributed by atoms with Crippen LogP contribution in [0.3, 0.4) is 0 Å². The number of carbonyl (C=O) groups is 1. The summed E-state index contributed by atoms with van der Waals surface area (Å²) in [4.78, 5) is 13.8. The van der Waals surface area contributed by atoms with Gasteiger partial charge >= 0.3 is 0 Å². The number of hydrogen-bond donors (Lipinski definition) is 2. The standard InChI is InChI=1S/C21H27N3O4S/c1-16-13-23(14-17(2)24(16)15-19-6-4-3-5-7-19)29(27,28)20-10-8-18(9-11-20)12-21(25)22-26/h3-11,16-17,26H,12-15H2,1-2H3,(H,22,25)/t16-,17+. The van der Waals surface area contributed by atoms with Crippen LogP contribution in [-0.4, -0.2) is 53.9 Å². The second-order valence-electron chi connectivity index (χ2n) is 7.53. The number of nitrogens with one attached hydrogen (secondary N) is 1. The summed E-state index contributed by atoms with van der Waals surface area (Å²) in [5.41, 5.74) is 3.41. The third kappa shape index (κ3) is 5.02. The van der Waals surface area contributed by atoms with Gasteiger partial charge in [0.2, 0.25) is 15.9 Å². The molecule has 2 aromatic carbocycles. The molecule has 1 aliphatic heterocycles. The van der Waals surface area contributed by atoms with Gasteiger partial charge in [-0.15, -0.1) is 0 Å². The van der Waals surface area contributed by atoms with Gasteiger partial charge in [-0.3, -0.25) is 14.9 Å². The van der Waals surface area contributed by atoms with Crippen LogP contribution in [0.1, 0.15) is 25.0 Å². The van der Waals surface area contributed by atoms with Crippen LogP contribution in [0, 0.1) is 0 Å². The lowest BCUT2D eigenvalue weighted by molar-refractivity contribution is -0.128. The largest absolute Gasteiger partial charge is 0.291 e. The first-order valence-electron chi connectivity index (χ1n) is 9.63. The number of carbonyl (C=O) groups excluding carboxylic acids is 1. The maximum absolute atomic E-state index is 13.1. The van der Waals surface area contributed by atoms with Crippen LogP contribution in [0.2, 0.25) is 0 Å². The van der Waals surface area contributed by atoms with Gasteiger partial charge in [0, 0.05) is 31.7 Å². The molecule has 2 atom stereocenters. The molecule has 0 bridgehead atoms. The van der Waals surface area contributed by atoms with Gasteiger partial charge in [0.1, 0.15) is 0 Å². The molecular formula is C21H27N3O4S. The molecule has 0 unspecified atom stereocenters. The van der Waals surface area contributed by atoms with E-state index in [2.05, 4.69) is 30.9 Å². The average Bonchev–Trinajstić information content (AvgIpc) is 2.71. The normalized spacial score (nSPS) is 21.1. The highest BCUT2D eigenvalue weighted by Gasteiger charge is 2.36. The first kappa shape index (κ1) is 21.4. The fourth-order valence-electron chi connectivity index (χ4n) is 3.76. The Morgan fingerprint density at radius 3 is 2.14 bits per heavy atom. The van der Waals surface area contributed by atoms with E-state index in [0.717, 1.165) is 6.54 Å². The molecule has 0 radical (unpaired) electrons. The fraction of sp³-hybridized carbons (Fsp3) is 0.381. The molecule has 29 heavy (non-hydrogen) atoms. The Bertz CT molecular complexity index is 920. The van der Waals surface area contributed by atoms with Crippen molar-refractivity contribution < 1.29 is 18.4 Å². The third-order valence-electron chi connectivity index (χ3n) is 5.33. The van der Waals surface area contributed by atoms with E-state index >= 15 is 0 Å². The molecule has 1 saturated heterocycles. The molecule has 2 aromatic rings. The molecule has 0 spiro atoms. The minimum Gasteiger partial charge on any atom is -0.291 e. The topological polar surface area (TPSA) is 90.0 Å². The van der Waals surface area contributed by atoms with E-state index in [1.54, 1.807) is 21.9 Å². The van der Waals surface area contributed by atoms with Crippen molar-refractivity contribution in [1.29, 1.82) is 0 Å². The maximum Gasteiger partial charge on any atom is 0.247 e. The quantitative estimate of drug-likeness (QED) is 0.554. The van der Waals surface area contributed by atoms with Gasteiger partial charge in [0.25, 0.3) is 0 Å². The number of nitrogens with zero attached hydrogens (tertiary/aromatic N) is 2. The summed E-state index contributed by atoms with van der Waals surface area (Å²) in [7, 11) is -3.62. The molecule has 1 amide bonds. The second kappa shape index (κ2) is 9.04. The highest BCUT2D eigenvalue weighted by atomic mass is 32.2. The molecule has 2 N–H and O–H groups in total. The third-order valence-corrected chi connectivity index (χ3v) is 7.17. The van der Waals surface area contributed by atoms with Crippen LogP contribution in [0.4, 0.5) is 0 Å². The summed E-state index contributed by atoms with van der Waals surface area (Å²) in [6.07, 6.45) is -0.0109. The summed E-state index contributed by atoms with van der Waals surface area (Å²) >= 11 is 0. The summed E-state index contributed by atoms with van der Waals surface area (Å²) in [6, 6.07) is 16.6. The summed E-state index contributed by atoms with van der Waals surface area (Å²) in [5.74, 6) is -0.544. The molecule has 0 aliphatic carbocycles. The van der Waals surface area contributed by atoms with E-state index < -0.39 is 15.9 Å². The lowest BCUT2D eigenvalue weighted by atomic mass is 10.1. The number of amides is 1. The van der Waals surface area contributed by atoms with Crippen molar-refractivity contribution in [2.45, 2.75) is 43.8 Å². The molecule has 156 valence electrons. The Labute approximate surface area is 172 Å². The van der Waals surface area contributed by atoms with Crippen molar-refractivity contribution in [2.24, 2.45) is 0 Å². The minimum atomic E-state index is -3.62. The molecule has 0 saturated carbocycles. The van der Waals surface area contributed by atoms with Crippen molar-refractivity contribution in [3.05, 3.63) is 65.7 Å². The first-order valence-corrected chi connectivity index (χ1v) is 11.1. The molecule has 3 rings (SSSR count). The van der Waals surface area contributed by atoms with E-state index in [9.17, 15) is 13.2 Å². The summed E-state index contributed by atoms with van der Waals surface area (Å²) in [5, 5.41) is 8.61. The second-order valence-corrected chi connectivity index (χ2v) is 9.47. The summed E-state index contributed by atoms with van der Waals surface area (Å²) in [6.45, 7) is 5.75. The zero-order chi connectivity index (χ0) is 21.0. The number of hydrogen-bond acceptors (Lipinski definition) is 5. The maximum atomic E-state index is 13.1. The molecule has 0 aromatic heterocycles. The van der Waals surface area contributed by atoms with E-state index in [1.165, 1.54) is 17.7 Å². The van der Waals surface area contributed by atoms with Gasteiger partial charge in [-0.25, -0.2) is 13.9 Å².